The highest BCUT2D eigenvalue weighted by Gasteiger charge is 2.46. The Labute approximate surface area is 289 Å². The predicted molar refractivity (Wildman–Crippen MR) is 187 cm³/mol. The van der Waals surface area contributed by atoms with Crippen LogP contribution in [0.15, 0.2) is 78.9 Å². The van der Waals surface area contributed by atoms with E-state index < -0.39 is 17.5 Å². The maximum Gasteiger partial charge on any atom is 0.337 e. The number of piperidine rings is 1. The number of likely N-dealkylation sites (N-methyl/N-ethyl adjacent to an activating group) is 1. The molecule has 0 radical (unpaired) electrons. The van der Waals surface area contributed by atoms with Crippen LogP contribution in [0.4, 0.5) is 0 Å². The van der Waals surface area contributed by atoms with Crippen LogP contribution < -0.4 is 9.47 Å². The molecule has 0 aromatic heterocycles. The van der Waals surface area contributed by atoms with E-state index in [4.69, 9.17) is 18.9 Å². The third kappa shape index (κ3) is 8.43. The molecule has 49 heavy (non-hydrogen) atoms. The largest absolute Gasteiger partial charge is 0.493 e. The number of esters is 1. The number of rotatable bonds is 13. The highest BCUT2D eigenvalue weighted by molar-refractivity contribution is 5.94. The molecular formula is C39H49N3O7. The zero-order valence-electron chi connectivity index (χ0n) is 29.1. The highest BCUT2D eigenvalue weighted by atomic mass is 16.6. The van der Waals surface area contributed by atoms with Crippen molar-refractivity contribution >= 4 is 17.8 Å². The number of likely N-dealkylation sites (tertiary alicyclic amines) is 1. The van der Waals surface area contributed by atoms with Crippen molar-refractivity contribution in [2.75, 3.05) is 73.7 Å². The van der Waals surface area contributed by atoms with Gasteiger partial charge >= 0.3 is 5.97 Å². The Balaban J connectivity index is 1.31. The first kappa shape index (κ1) is 35.9. The molecule has 0 saturated carbocycles. The van der Waals surface area contributed by atoms with Gasteiger partial charge in [0.2, 0.25) is 5.91 Å². The highest BCUT2D eigenvalue weighted by Crippen LogP contribution is 2.39. The molecule has 3 aromatic carbocycles. The van der Waals surface area contributed by atoms with E-state index in [1.807, 2.05) is 85.9 Å². The van der Waals surface area contributed by atoms with Crippen molar-refractivity contribution in [3.63, 3.8) is 0 Å². The fourth-order valence-electron chi connectivity index (χ4n) is 7.08. The van der Waals surface area contributed by atoms with Gasteiger partial charge in [-0.15, -0.1) is 0 Å². The van der Waals surface area contributed by atoms with Gasteiger partial charge < -0.3 is 33.6 Å². The van der Waals surface area contributed by atoms with Crippen LogP contribution in [0.2, 0.25) is 0 Å². The van der Waals surface area contributed by atoms with Crippen molar-refractivity contribution in [3.8, 4) is 11.5 Å². The number of carbonyl (C=O) groups is 3. The first-order chi connectivity index (χ1) is 23.8. The molecule has 10 heteroatoms. The van der Waals surface area contributed by atoms with Crippen LogP contribution in [-0.4, -0.2) is 112 Å². The third-order valence-electron chi connectivity index (χ3n) is 9.88. The van der Waals surface area contributed by atoms with Crippen molar-refractivity contribution in [2.45, 2.75) is 43.6 Å². The number of amides is 2. The summed E-state index contributed by atoms with van der Waals surface area (Å²) in [7, 11) is 5.10. The topological polar surface area (TPSA) is 97.9 Å². The summed E-state index contributed by atoms with van der Waals surface area (Å²) in [6.45, 7) is 5.77. The van der Waals surface area contributed by atoms with E-state index in [9.17, 15) is 14.4 Å². The van der Waals surface area contributed by atoms with Gasteiger partial charge in [-0.1, -0.05) is 54.6 Å². The quantitative estimate of drug-likeness (QED) is 0.240. The van der Waals surface area contributed by atoms with Crippen LogP contribution in [0.5, 0.6) is 11.5 Å². The molecule has 2 aliphatic heterocycles. The summed E-state index contributed by atoms with van der Waals surface area (Å²) >= 11 is 0. The number of morpholine rings is 1. The lowest BCUT2D eigenvalue weighted by Gasteiger charge is -2.45. The van der Waals surface area contributed by atoms with Gasteiger partial charge in [0.1, 0.15) is 0 Å². The Morgan fingerprint density at radius 1 is 0.918 bits per heavy atom. The number of hydrogen-bond donors (Lipinski definition) is 0. The molecule has 2 fully saturated rings. The van der Waals surface area contributed by atoms with Gasteiger partial charge in [0.05, 0.1) is 39.4 Å². The van der Waals surface area contributed by atoms with E-state index in [1.165, 1.54) is 0 Å². The minimum atomic E-state index is -0.772. The zero-order valence-corrected chi connectivity index (χ0v) is 29.1. The van der Waals surface area contributed by atoms with Crippen molar-refractivity contribution in [1.82, 2.24) is 14.7 Å². The van der Waals surface area contributed by atoms with Crippen LogP contribution >= 0.6 is 0 Å². The number of benzene rings is 3. The smallest absolute Gasteiger partial charge is 0.337 e. The lowest BCUT2D eigenvalue weighted by atomic mass is 9.71. The van der Waals surface area contributed by atoms with Gasteiger partial charge in [-0.25, -0.2) is 4.79 Å². The Bertz CT molecular complexity index is 1540. The summed E-state index contributed by atoms with van der Waals surface area (Å²) < 4.78 is 22.0. The third-order valence-corrected chi connectivity index (χ3v) is 9.88. The molecule has 5 rings (SSSR count). The first-order valence-corrected chi connectivity index (χ1v) is 17.2. The van der Waals surface area contributed by atoms with E-state index in [2.05, 4.69) is 4.90 Å². The van der Waals surface area contributed by atoms with E-state index in [0.29, 0.717) is 49.6 Å². The van der Waals surface area contributed by atoms with Crippen molar-refractivity contribution in [2.24, 2.45) is 0 Å². The molecule has 0 bridgehead atoms. The van der Waals surface area contributed by atoms with Crippen molar-refractivity contribution in [3.05, 3.63) is 95.6 Å². The van der Waals surface area contributed by atoms with Gasteiger partial charge in [-0.3, -0.25) is 9.59 Å². The standard InChI is InChI=1S/C39H49N3O7/c1-5-48-37(44)35-28-42(24-25-49-35)38(45)39(32-14-10-7-11-15-32)19-22-41(23-20-39)21-18-31(30-16-17-33(46-3)34(26-30)47-4)27-40(2)36(43)29-12-8-6-9-13-29/h6-17,26,31,35H,5,18-25,27-28H2,1-4H3. The van der Waals surface area contributed by atoms with Gasteiger partial charge in [0, 0.05) is 31.6 Å². The van der Waals surface area contributed by atoms with Gasteiger partial charge in [0.15, 0.2) is 17.6 Å². The summed E-state index contributed by atoms with van der Waals surface area (Å²) in [6.07, 6.45) is 1.35. The fraction of sp³-hybridized carbons (Fsp3) is 0.462. The molecule has 2 heterocycles. The molecular weight excluding hydrogens is 622 g/mol. The fourth-order valence-corrected chi connectivity index (χ4v) is 7.08. The maximum atomic E-state index is 14.4. The second-order valence-corrected chi connectivity index (χ2v) is 12.8. The molecule has 262 valence electrons. The monoisotopic (exact) mass is 671 g/mol. The second-order valence-electron chi connectivity index (χ2n) is 12.8. The van der Waals surface area contributed by atoms with Gasteiger partial charge in [-0.2, -0.15) is 0 Å². The Kier molecular flexibility index (Phi) is 12.3. The summed E-state index contributed by atoms with van der Waals surface area (Å²) in [4.78, 5) is 46.2. The Morgan fingerprint density at radius 2 is 1.59 bits per heavy atom. The predicted octanol–water partition coefficient (Wildman–Crippen LogP) is 4.77. The lowest BCUT2D eigenvalue weighted by Crippen LogP contribution is -2.57. The number of ether oxygens (including phenoxy) is 4. The molecule has 2 unspecified atom stereocenters. The Morgan fingerprint density at radius 3 is 2.24 bits per heavy atom. The van der Waals surface area contributed by atoms with E-state index in [1.54, 1.807) is 30.9 Å². The Hall–Kier alpha value is -4.41. The first-order valence-electron chi connectivity index (χ1n) is 17.2. The SMILES string of the molecule is CCOC(=O)C1CN(C(=O)C2(c3ccccc3)CCN(CCC(CN(C)C(=O)c3ccccc3)c3ccc(OC)c(OC)c3)CC2)CCO1. The van der Waals surface area contributed by atoms with Crippen LogP contribution in [-0.2, 0) is 24.5 Å². The molecule has 10 nitrogen and oxygen atoms in total. The van der Waals surface area contributed by atoms with E-state index in [0.717, 1.165) is 37.2 Å². The zero-order chi connectivity index (χ0) is 34.8. The normalized spacial score (nSPS) is 18.3. The second kappa shape index (κ2) is 16.8. The van der Waals surface area contributed by atoms with E-state index >= 15 is 0 Å². The van der Waals surface area contributed by atoms with Crippen LogP contribution in [0.1, 0.15) is 53.6 Å². The van der Waals surface area contributed by atoms with E-state index in [-0.39, 0.29) is 30.9 Å². The van der Waals surface area contributed by atoms with Crippen LogP contribution in [0, 0.1) is 0 Å². The maximum absolute atomic E-state index is 14.4. The van der Waals surface area contributed by atoms with Gasteiger partial charge in [0.25, 0.3) is 5.91 Å². The average molecular weight is 672 g/mol. The summed E-state index contributed by atoms with van der Waals surface area (Å²) in [6, 6.07) is 25.3. The molecule has 0 N–H and O–H groups in total. The summed E-state index contributed by atoms with van der Waals surface area (Å²) in [5, 5.41) is 0. The van der Waals surface area contributed by atoms with Crippen molar-refractivity contribution < 1.29 is 33.3 Å². The minimum Gasteiger partial charge on any atom is -0.493 e. The molecule has 2 aliphatic rings. The lowest BCUT2D eigenvalue weighted by molar-refractivity contribution is -0.166. The number of nitrogens with zero attached hydrogens (tertiary/aromatic N) is 3. The number of hydrogen-bond acceptors (Lipinski definition) is 8. The molecule has 2 amide bonds. The molecule has 0 aliphatic carbocycles. The van der Waals surface area contributed by atoms with Crippen LogP contribution in [0.3, 0.4) is 0 Å². The summed E-state index contributed by atoms with van der Waals surface area (Å²) in [5.41, 5.74) is 2.03. The average Bonchev–Trinajstić information content (AvgIpc) is 3.16. The molecule has 2 atom stereocenters. The van der Waals surface area contributed by atoms with Crippen molar-refractivity contribution in [1.29, 1.82) is 0 Å². The molecule has 3 aromatic rings. The molecule has 0 spiro atoms. The summed E-state index contributed by atoms with van der Waals surface area (Å²) in [5.74, 6) is 0.936. The molecule has 2 saturated heterocycles. The minimum absolute atomic E-state index is 0.0245. The number of methoxy groups -OCH3 is 2. The van der Waals surface area contributed by atoms with Crippen LogP contribution in [0.25, 0.3) is 0 Å². The van der Waals surface area contributed by atoms with Gasteiger partial charge in [-0.05, 0) is 81.2 Å². The number of carbonyl (C=O) groups excluding carboxylic acids is 3.